The third-order valence-electron chi connectivity index (χ3n) is 3.14. The van der Waals surface area contributed by atoms with Crippen LogP contribution in [0.1, 0.15) is 46.5 Å². The summed E-state index contributed by atoms with van der Waals surface area (Å²) in [6.45, 7) is 6.16. The first-order chi connectivity index (χ1) is 8.30. The fraction of sp³-hybridized carbons (Fsp3) is 0.846. The number of rotatable bonds is 5. The molecule has 5 heteroatoms. The van der Waals surface area contributed by atoms with E-state index < -0.39 is 17.4 Å². The van der Waals surface area contributed by atoms with E-state index in [2.05, 4.69) is 5.32 Å². The Morgan fingerprint density at radius 1 is 1.44 bits per heavy atom. The lowest BCUT2D eigenvalue weighted by atomic mass is 9.86. The molecule has 2 unspecified atom stereocenters. The van der Waals surface area contributed by atoms with Crippen LogP contribution < -0.4 is 5.32 Å². The number of nitrogens with one attached hydrogen (secondary N) is 1. The number of carbonyl (C=O) groups excluding carboxylic acids is 1. The zero-order valence-electron chi connectivity index (χ0n) is 11.4. The average molecular weight is 257 g/mol. The minimum absolute atomic E-state index is 0.161. The van der Waals surface area contributed by atoms with E-state index in [9.17, 15) is 9.59 Å². The van der Waals surface area contributed by atoms with Crippen LogP contribution in [-0.2, 0) is 14.3 Å². The van der Waals surface area contributed by atoms with E-state index in [4.69, 9.17) is 9.84 Å². The van der Waals surface area contributed by atoms with Crippen LogP contribution in [-0.4, -0.2) is 35.7 Å². The molecule has 1 saturated heterocycles. The number of carboxylic acids is 1. The first kappa shape index (κ1) is 15.0. The molecule has 0 saturated carbocycles. The Morgan fingerprint density at radius 3 is 2.56 bits per heavy atom. The predicted molar refractivity (Wildman–Crippen MR) is 67.2 cm³/mol. The monoisotopic (exact) mass is 257 g/mol. The van der Waals surface area contributed by atoms with Gasteiger partial charge >= 0.3 is 5.97 Å². The third kappa shape index (κ3) is 4.64. The van der Waals surface area contributed by atoms with Crippen LogP contribution >= 0.6 is 0 Å². The summed E-state index contributed by atoms with van der Waals surface area (Å²) in [6.07, 6.45) is 3.20. The van der Waals surface area contributed by atoms with Gasteiger partial charge in [-0.05, 0) is 24.7 Å². The minimum atomic E-state index is -0.993. The lowest BCUT2D eigenvalue weighted by Gasteiger charge is -2.27. The molecule has 0 aliphatic carbocycles. The molecule has 0 radical (unpaired) electrons. The van der Waals surface area contributed by atoms with Gasteiger partial charge in [0.2, 0.25) is 5.91 Å². The quantitative estimate of drug-likeness (QED) is 0.783. The van der Waals surface area contributed by atoms with Gasteiger partial charge in [0.1, 0.15) is 6.04 Å². The van der Waals surface area contributed by atoms with Crippen molar-refractivity contribution in [3.05, 3.63) is 0 Å². The molecular formula is C13H23NO4. The molecule has 1 fully saturated rings. The summed E-state index contributed by atoms with van der Waals surface area (Å²) in [4.78, 5) is 22.8. The number of hydrogen-bond donors (Lipinski definition) is 2. The summed E-state index contributed by atoms with van der Waals surface area (Å²) >= 11 is 0. The van der Waals surface area contributed by atoms with Crippen molar-refractivity contribution in [3.8, 4) is 0 Å². The number of amides is 1. The summed E-state index contributed by atoms with van der Waals surface area (Å²) in [6, 6.07) is -0.852. The number of aliphatic carboxylic acids is 1. The summed E-state index contributed by atoms with van der Waals surface area (Å²) in [5.41, 5.74) is -0.495. The highest BCUT2D eigenvalue weighted by Gasteiger charge is 2.32. The van der Waals surface area contributed by atoms with E-state index >= 15 is 0 Å². The molecule has 5 nitrogen and oxygen atoms in total. The maximum Gasteiger partial charge on any atom is 0.326 e. The molecule has 0 bridgehead atoms. The Bertz CT molecular complexity index is 303. The summed E-state index contributed by atoms with van der Waals surface area (Å²) in [5, 5.41) is 11.7. The topological polar surface area (TPSA) is 75.6 Å². The molecule has 0 aromatic heterocycles. The maximum absolute atomic E-state index is 11.7. The van der Waals surface area contributed by atoms with Gasteiger partial charge in [-0.2, -0.15) is 0 Å². The highest BCUT2D eigenvalue weighted by atomic mass is 16.5. The van der Waals surface area contributed by atoms with Crippen molar-refractivity contribution in [2.24, 2.45) is 5.41 Å². The van der Waals surface area contributed by atoms with Crippen LogP contribution in [0.25, 0.3) is 0 Å². The second-order valence-electron chi connectivity index (χ2n) is 5.88. The molecule has 104 valence electrons. The number of carbonyl (C=O) groups is 2. The van der Waals surface area contributed by atoms with Crippen LogP contribution in [0.4, 0.5) is 0 Å². The Labute approximate surface area is 108 Å². The molecule has 0 aromatic rings. The Balaban J connectivity index is 2.39. The van der Waals surface area contributed by atoms with Gasteiger partial charge in [-0.15, -0.1) is 0 Å². The molecule has 0 spiro atoms. The SMILES string of the molecule is CC(C)(C)C(NC(=O)CCC1CCCO1)C(=O)O. The third-order valence-corrected chi connectivity index (χ3v) is 3.14. The molecule has 0 aromatic carbocycles. The van der Waals surface area contributed by atoms with Gasteiger partial charge in [0.15, 0.2) is 0 Å². The van der Waals surface area contributed by atoms with Gasteiger partial charge in [-0.25, -0.2) is 4.79 Å². The van der Waals surface area contributed by atoms with Crippen molar-refractivity contribution >= 4 is 11.9 Å². The van der Waals surface area contributed by atoms with Gasteiger partial charge in [-0.1, -0.05) is 20.8 Å². The largest absolute Gasteiger partial charge is 0.480 e. The number of ether oxygens (including phenoxy) is 1. The lowest BCUT2D eigenvalue weighted by Crippen LogP contribution is -2.49. The molecule has 1 amide bonds. The van der Waals surface area contributed by atoms with Gasteiger partial charge in [0.05, 0.1) is 6.10 Å². The summed E-state index contributed by atoms with van der Waals surface area (Å²) < 4.78 is 5.43. The van der Waals surface area contributed by atoms with Crippen LogP contribution in [0.2, 0.25) is 0 Å². The number of hydrogen-bond acceptors (Lipinski definition) is 3. The van der Waals surface area contributed by atoms with Crippen molar-refractivity contribution in [3.63, 3.8) is 0 Å². The maximum atomic E-state index is 11.7. The molecule has 2 atom stereocenters. The van der Waals surface area contributed by atoms with E-state index in [0.717, 1.165) is 19.4 Å². The van der Waals surface area contributed by atoms with Crippen molar-refractivity contribution in [2.45, 2.75) is 58.6 Å². The zero-order valence-corrected chi connectivity index (χ0v) is 11.4. The second-order valence-corrected chi connectivity index (χ2v) is 5.88. The van der Waals surface area contributed by atoms with Crippen molar-refractivity contribution in [1.82, 2.24) is 5.32 Å². The average Bonchev–Trinajstić information content (AvgIpc) is 2.73. The second kappa shape index (κ2) is 6.18. The van der Waals surface area contributed by atoms with Crippen molar-refractivity contribution in [2.75, 3.05) is 6.61 Å². The highest BCUT2D eigenvalue weighted by Crippen LogP contribution is 2.20. The first-order valence-corrected chi connectivity index (χ1v) is 6.44. The Hall–Kier alpha value is -1.10. The number of carboxylic acid groups (broad SMARTS) is 1. The first-order valence-electron chi connectivity index (χ1n) is 6.44. The fourth-order valence-corrected chi connectivity index (χ4v) is 2.05. The van der Waals surface area contributed by atoms with Crippen LogP contribution in [0.3, 0.4) is 0 Å². The minimum Gasteiger partial charge on any atom is -0.480 e. The molecule has 1 aliphatic heterocycles. The zero-order chi connectivity index (χ0) is 13.8. The molecule has 1 heterocycles. The van der Waals surface area contributed by atoms with Crippen molar-refractivity contribution < 1.29 is 19.4 Å². The molecule has 2 N–H and O–H groups in total. The normalized spacial score (nSPS) is 21.6. The lowest BCUT2D eigenvalue weighted by molar-refractivity contribution is -0.145. The predicted octanol–water partition coefficient (Wildman–Crippen LogP) is 1.56. The Kier molecular flexibility index (Phi) is 5.14. The highest BCUT2D eigenvalue weighted by molar-refractivity contribution is 5.84. The standard InChI is InChI=1S/C13H23NO4/c1-13(2,3)11(12(16)17)14-10(15)7-6-9-5-4-8-18-9/h9,11H,4-8H2,1-3H3,(H,14,15)(H,16,17). The van der Waals surface area contributed by atoms with Crippen LogP contribution in [0, 0.1) is 5.41 Å². The van der Waals surface area contributed by atoms with Gasteiger partial charge < -0.3 is 15.2 Å². The summed E-state index contributed by atoms with van der Waals surface area (Å²) in [7, 11) is 0. The van der Waals surface area contributed by atoms with Crippen LogP contribution in [0.15, 0.2) is 0 Å². The van der Waals surface area contributed by atoms with E-state index in [-0.39, 0.29) is 12.0 Å². The van der Waals surface area contributed by atoms with Gasteiger partial charge in [0, 0.05) is 13.0 Å². The van der Waals surface area contributed by atoms with E-state index in [0.29, 0.717) is 12.8 Å². The van der Waals surface area contributed by atoms with E-state index in [1.54, 1.807) is 20.8 Å². The smallest absolute Gasteiger partial charge is 0.326 e. The van der Waals surface area contributed by atoms with E-state index in [1.165, 1.54) is 0 Å². The Morgan fingerprint density at radius 2 is 2.11 bits per heavy atom. The van der Waals surface area contributed by atoms with Gasteiger partial charge in [0.25, 0.3) is 0 Å². The molecule has 18 heavy (non-hydrogen) atoms. The van der Waals surface area contributed by atoms with E-state index in [1.807, 2.05) is 0 Å². The van der Waals surface area contributed by atoms with Crippen LogP contribution in [0.5, 0.6) is 0 Å². The summed E-state index contributed by atoms with van der Waals surface area (Å²) in [5.74, 6) is -1.21. The fourth-order valence-electron chi connectivity index (χ4n) is 2.05. The molecule has 1 aliphatic rings. The molecular weight excluding hydrogens is 234 g/mol. The molecule has 1 rings (SSSR count). The van der Waals surface area contributed by atoms with Crippen molar-refractivity contribution in [1.29, 1.82) is 0 Å². The van der Waals surface area contributed by atoms with Gasteiger partial charge in [-0.3, -0.25) is 4.79 Å².